The van der Waals surface area contributed by atoms with E-state index in [-0.39, 0.29) is 12.5 Å². The number of nitrogens with zero attached hydrogens (tertiary/aromatic N) is 3. The van der Waals surface area contributed by atoms with Crippen LogP contribution in [0.1, 0.15) is 14.5 Å². The number of nitrogens with one attached hydrogen (secondary N) is 1. The molecule has 0 aliphatic rings. The van der Waals surface area contributed by atoms with Gasteiger partial charge in [-0.1, -0.05) is 11.2 Å². The fraction of sp³-hybridized carbons (Fsp3) is 0.222. The van der Waals surface area contributed by atoms with Crippen molar-refractivity contribution in [3.05, 3.63) is 45.0 Å². The molecule has 0 fully saturated rings. The summed E-state index contributed by atoms with van der Waals surface area (Å²) in [6.07, 6.45) is 1.62. The van der Waals surface area contributed by atoms with E-state index >= 15 is 0 Å². The van der Waals surface area contributed by atoms with Gasteiger partial charge in [0.1, 0.15) is 0 Å². The second-order valence-electron chi connectivity index (χ2n) is 2.65. The number of hydrogen-bond acceptors (Lipinski definition) is 3. The van der Waals surface area contributed by atoms with Crippen LogP contribution in [-0.4, -0.2) is 12.5 Å². The molecule has 5 nitrogen and oxygen atoms in total. The van der Waals surface area contributed by atoms with Gasteiger partial charge in [0, 0.05) is 16.3 Å². The maximum absolute atomic E-state index is 11.4. The van der Waals surface area contributed by atoms with Crippen molar-refractivity contribution in [1.29, 1.82) is 0 Å². The van der Waals surface area contributed by atoms with Crippen LogP contribution in [0.5, 0.6) is 0 Å². The average molecular weight is 222 g/mol. The molecule has 1 rings (SSSR count). The quantitative estimate of drug-likeness (QED) is 0.353. The minimum atomic E-state index is -0.132. The van der Waals surface area contributed by atoms with Crippen LogP contribution in [0.3, 0.4) is 0 Å². The summed E-state index contributed by atoms with van der Waals surface area (Å²) in [5.41, 5.74) is 8.13. The van der Waals surface area contributed by atoms with E-state index in [4.69, 9.17) is 5.53 Å². The molecule has 0 aliphatic carbocycles. The van der Waals surface area contributed by atoms with Gasteiger partial charge in [-0.3, -0.25) is 4.79 Å². The van der Waals surface area contributed by atoms with Crippen molar-refractivity contribution in [1.82, 2.24) is 5.32 Å². The first kappa shape index (κ1) is 11.3. The molecule has 1 aromatic rings. The molecule has 1 aromatic heterocycles. The monoisotopic (exact) mass is 222 g/mol. The van der Waals surface area contributed by atoms with E-state index in [1.807, 2.05) is 0 Å². The minimum absolute atomic E-state index is 0.132. The van der Waals surface area contributed by atoms with E-state index in [9.17, 15) is 4.79 Å². The molecule has 1 heterocycles. The van der Waals surface area contributed by atoms with Crippen molar-refractivity contribution in [2.75, 3.05) is 6.54 Å². The molecule has 0 saturated heterocycles. The minimum Gasteiger partial charge on any atom is -0.348 e. The molecule has 15 heavy (non-hydrogen) atoms. The third-order valence-electron chi connectivity index (χ3n) is 1.58. The number of hydrogen-bond donors (Lipinski definition) is 1. The summed E-state index contributed by atoms with van der Waals surface area (Å²) in [7, 11) is 0. The lowest BCUT2D eigenvalue weighted by Gasteiger charge is -1.97. The van der Waals surface area contributed by atoms with Gasteiger partial charge in [0.2, 0.25) is 0 Å². The molecule has 0 atom stereocenters. The molecule has 1 N–H and O–H groups in total. The maximum Gasteiger partial charge on any atom is 0.261 e. The van der Waals surface area contributed by atoms with Crippen LogP contribution in [0.4, 0.5) is 0 Å². The number of carbonyl (C=O) groups excluding carboxylic acids is 1. The third kappa shape index (κ3) is 3.46. The standard InChI is InChI=1S/C9H10N4OS/c1-2-5-11-9(14)8-4-3-7(15-8)6-12-13-10/h2-4H,1,5-6H2,(H,11,14). The Labute approximate surface area is 91.1 Å². The zero-order chi connectivity index (χ0) is 11.1. The lowest BCUT2D eigenvalue weighted by atomic mass is 10.4. The molecule has 1 amide bonds. The predicted octanol–water partition coefficient (Wildman–Crippen LogP) is 2.47. The lowest BCUT2D eigenvalue weighted by molar-refractivity contribution is 0.0962. The highest BCUT2D eigenvalue weighted by Gasteiger charge is 2.07. The Morgan fingerprint density at radius 3 is 3.20 bits per heavy atom. The Hall–Kier alpha value is -1.78. The Kier molecular flexibility index (Phi) is 4.40. The first-order valence-corrected chi connectivity index (χ1v) is 5.08. The summed E-state index contributed by atoms with van der Waals surface area (Å²) >= 11 is 1.32. The van der Waals surface area contributed by atoms with Gasteiger partial charge in [0.25, 0.3) is 5.91 Å². The van der Waals surface area contributed by atoms with Crippen LogP contribution in [0, 0.1) is 0 Å². The Morgan fingerprint density at radius 1 is 1.73 bits per heavy atom. The van der Waals surface area contributed by atoms with Crippen LogP contribution in [0.2, 0.25) is 0 Å². The highest BCUT2D eigenvalue weighted by molar-refractivity contribution is 7.14. The third-order valence-corrected chi connectivity index (χ3v) is 2.65. The maximum atomic E-state index is 11.4. The van der Waals surface area contributed by atoms with Crippen LogP contribution < -0.4 is 5.32 Å². The molecular formula is C9H10N4OS. The van der Waals surface area contributed by atoms with E-state index in [1.165, 1.54) is 11.3 Å². The Bertz CT molecular complexity index is 406. The fourth-order valence-electron chi connectivity index (χ4n) is 0.938. The number of azide groups is 1. The van der Waals surface area contributed by atoms with E-state index in [2.05, 4.69) is 21.9 Å². The van der Waals surface area contributed by atoms with Gasteiger partial charge in [0.05, 0.1) is 11.4 Å². The zero-order valence-corrected chi connectivity index (χ0v) is 8.83. The summed E-state index contributed by atoms with van der Waals surface area (Å²) in [4.78, 5) is 15.6. The lowest BCUT2D eigenvalue weighted by Crippen LogP contribution is -2.21. The molecule has 0 unspecified atom stereocenters. The molecule has 0 saturated carbocycles. The van der Waals surface area contributed by atoms with Crippen molar-refractivity contribution in [2.45, 2.75) is 6.54 Å². The largest absolute Gasteiger partial charge is 0.348 e. The zero-order valence-electron chi connectivity index (χ0n) is 8.01. The van der Waals surface area contributed by atoms with Crippen molar-refractivity contribution in [3.63, 3.8) is 0 Å². The Balaban J connectivity index is 2.62. The highest BCUT2D eigenvalue weighted by Crippen LogP contribution is 2.17. The van der Waals surface area contributed by atoms with E-state index < -0.39 is 0 Å². The number of thiophene rings is 1. The second kappa shape index (κ2) is 5.85. The van der Waals surface area contributed by atoms with Gasteiger partial charge in [-0.05, 0) is 17.7 Å². The molecular weight excluding hydrogens is 212 g/mol. The molecule has 0 radical (unpaired) electrons. The fourth-order valence-corrected chi connectivity index (χ4v) is 1.78. The molecule has 0 aliphatic heterocycles. The van der Waals surface area contributed by atoms with Crippen LogP contribution in [0.25, 0.3) is 10.4 Å². The molecule has 78 valence electrons. The van der Waals surface area contributed by atoms with Crippen molar-refractivity contribution < 1.29 is 4.79 Å². The average Bonchev–Trinajstić information content (AvgIpc) is 2.71. The summed E-state index contributed by atoms with van der Waals surface area (Å²) in [6, 6.07) is 3.49. The van der Waals surface area contributed by atoms with Crippen molar-refractivity contribution in [3.8, 4) is 0 Å². The topological polar surface area (TPSA) is 77.9 Å². The van der Waals surface area contributed by atoms with Gasteiger partial charge in [-0.2, -0.15) is 0 Å². The van der Waals surface area contributed by atoms with Crippen LogP contribution in [0.15, 0.2) is 29.9 Å². The second-order valence-corrected chi connectivity index (χ2v) is 3.82. The first-order valence-electron chi connectivity index (χ1n) is 4.26. The van der Waals surface area contributed by atoms with Crippen LogP contribution >= 0.6 is 11.3 Å². The smallest absolute Gasteiger partial charge is 0.261 e. The van der Waals surface area contributed by atoms with Gasteiger partial charge in [-0.25, -0.2) is 0 Å². The van der Waals surface area contributed by atoms with Gasteiger partial charge in [0.15, 0.2) is 0 Å². The first-order chi connectivity index (χ1) is 7.27. The van der Waals surface area contributed by atoms with E-state index in [0.29, 0.717) is 11.4 Å². The summed E-state index contributed by atoms with van der Waals surface area (Å²) in [5.74, 6) is -0.132. The van der Waals surface area contributed by atoms with Gasteiger partial charge < -0.3 is 5.32 Å². The predicted molar refractivity (Wildman–Crippen MR) is 59.7 cm³/mol. The SMILES string of the molecule is C=CCNC(=O)c1ccc(CN=[N+]=[N-])s1. The summed E-state index contributed by atoms with van der Waals surface area (Å²) in [6.45, 7) is 4.24. The van der Waals surface area contributed by atoms with E-state index in [1.54, 1.807) is 18.2 Å². The van der Waals surface area contributed by atoms with Gasteiger partial charge >= 0.3 is 0 Å². The number of amides is 1. The van der Waals surface area contributed by atoms with Crippen molar-refractivity contribution in [2.24, 2.45) is 5.11 Å². The summed E-state index contributed by atoms with van der Waals surface area (Å²) < 4.78 is 0. The Morgan fingerprint density at radius 2 is 2.53 bits per heavy atom. The molecule has 0 aromatic carbocycles. The normalized spacial score (nSPS) is 9.07. The number of carbonyl (C=O) groups is 1. The van der Waals surface area contributed by atoms with Crippen molar-refractivity contribution >= 4 is 17.2 Å². The van der Waals surface area contributed by atoms with Gasteiger partial charge in [-0.15, -0.1) is 17.9 Å². The molecule has 0 spiro atoms. The summed E-state index contributed by atoms with van der Waals surface area (Å²) in [5, 5.41) is 6.09. The van der Waals surface area contributed by atoms with E-state index in [0.717, 1.165) is 4.88 Å². The number of rotatable bonds is 5. The van der Waals surface area contributed by atoms with Crippen LogP contribution in [-0.2, 0) is 6.54 Å². The molecule has 0 bridgehead atoms. The molecule has 6 heteroatoms. The highest BCUT2D eigenvalue weighted by atomic mass is 32.1.